The van der Waals surface area contributed by atoms with E-state index in [2.05, 4.69) is 5.32 Å². The fraction of sp³-hybridized carbons (Fsp3) is 0.368. The summed E-state index contributed by atoms with van der Waals surface area (Å²) in [6.45, 7) is 1.76. The third kappa shape index (κ3) is 4.53. The first-order valence-corrected chi connectivity index (χ1v) is 10.7. The summed E-state index contributed by atoms with van der Waals surface area (Å²) in [5.74, 6) is -0.483. The first-order chi connectivity index (χ1) is 13.3. The molecule has 3 rings (SSSR count). The summed E-state index contributed by atoms with van der Waals surface area (Å²) in [4.78, 5) is 24.2. The standard InChI is InChI=1S/C19H22N2O6S/c1-13(17-6-4-10-26-17)20-18(22)12-27-19(23)15-7-8-16-14(11-15)5-3-9-21(16)28(2,24)25/h4,6-8,10-11,13H,3,5,9,12H2,1-2H3,(H,20,22)/t13-/m1/s1. The van der Waals surface area contributed by atoms with Crippen LogP contribution in [0, 0.1) is 0 Å². The van der Waals surface area contributed by atoms with Gasteiger partial charge < -0.3 is 14.5 Å². The number of hydrogen-bond donors (Lipinski definition) is 1. The summed E-state index contributed by atoms with van der Waals surface area (Å²) in [5.41, 5.74) is 1.62. The molecule has 0 spiro atoms. The van der Waals surface area contributed by atoms with Crippen molar-refractivity contribution in [3.05, 3.63) is 53.5 Å². The van der Waals surface area contributed by atoms with Crippen molar-refractivity contribution in [2.24, 2.45) is 0 Å². The lowest BCUT2D eigenvalue weighted by Crippen LogP contribution is -2.34. The molecule has 0 radical (unpaired) electrons. The smallest absolute Gasteiger partial charge is 0.338 e. The Bertz CT molecular complexity index is 968. The quantitative estimate of drug-likeness (QED) is 0.736. The fourth-order valence-electron chi connectivity index (χ4n) is 3.14. The minimum Gasteiger partial charge on any atom is -0.467 e. The van der Waals surface area contributed by atoms with E-state index in [1.165, 1.54) is 16.6 Å². The maximum absolute atomic E-state index is 12.3. The SMILES string of the molecule is C[C@@H](NC(=O)COC(=O)c1ccc2c(c1)CCCN2S(C)(=O)=O)c1ccco1. The van der Waals surface area contributed by atoms with Gasteiger partial charge in [-0.2, -0.15) is 0 Å². The molecular formula is C19H22N2O6S. The summed E-state index contributed by atoms with van der Waals surface area (Å²) < 4.78 is 35.4. The van der Waals surface area contributed by atoms with Gasteiger partial charge in [-0.1, -0.05) is 0 Å². The van der Waals surface area contributed by atoms with E-state index >= 15 is 0 Å². The van der Waals surface area contributed by atoms with E-state index in [4.69, 9.17) is 9.15 Å². The maximum Gasteiger partial charge on any atom is 0.338 e. The number of nitrogens with one attached hydrogen (secondary N) is 1. The van der Waals surface area contributed by atoms with Crippen LogP contribution in [-0.4, -0.2) is 39.7 Å². The number of carbonyl (C=O) groups is 2. The van der Waals surface area contributed by atoms with Crippen LogP contribution in [0.5, 0.6) is 0 Å². The van der Waals surface area contributed by atoms with Gasteiger partial charge in [-0.25, -0.2) is 13.2 Å². The van der Waals surface area contributed by atoms with Crippen LogP contribution in [0.25, 0.3) is 0 Å². The van der Waals surface area contributed by atoms with E-state index in [1.807, 2.05) is 0 Å². The van der Waals surface area contributed by atoms with Gasteiger partial charge in [-0.15, -0.1) is 0 Å². The summed E-state index contributed by atoms with van der Waals surface area (Å²) in [6.07, 6.45) is 4.01. The highest BCUT2D eigenvalue weighted by atomic mass is 32.2. The Kier molecular flexibility index (Phi) is 5.73. The highest BCUT2D eigenvalue weighted by molar-refractivity contribution is 7.92. The zero-order valence-corrected chi connectivity index (χ0v) is 16.5. The normalized spacial score (nSPS) is 14.9. The number of amides is 1. The number of nitrogens with zero attached hydrogens (tertiary/aromatic N) is 1. The van der Waals surface area contributed by atoms with Crippen molar-refractivity contribution in [1.29, 1.82) is 0 Å². The zero-order chi connectivity index (χ0) is 20.3. The average molecular weight is 406 g/mol. The fourth-order valence-corrected chi connectivity index (χ4v) is 4.14. The van der Waals surface area contributed by atoms with Crippen LogP contribution in [0.4, 0.5) is 5.69 Å². The number of anilines is 1. The molecule has 1 amide bonds. The van der Waals surface area contributed by atoms with Crippen molar-refractivity contribution in [3.63, 3.8) is 0 Å². The third-order valence-electron chi connectivity index (χ3n) is 4.47. The van der Waals surface area contributed by atoms with Crippen molar-refractivity contribution in [1.82, 2.24) is 5.32 Å². The molecule has 2 aromatic rings. The zero-order valence-electron chi connectivity index (χ0n) is 15.7. The van der Waals surface area contributed by atoms with Crippen molar-refractivity contribution >= 4 is 27.6 Å². The summed E-state index contributed by atoms with van der Waals surface area (Å²) in [5, 5.41) is 2.68. The monoisotopic (exact) mass is 406 g/mol. The molecule has 0 saturated carbocycles. The number of sulfonamides is 1. The Morgan fingerprint density at radius 1 is 1.32 bits per heavy atom. The molecule has 0 saturated heterocycles. The van der Waals surface area contributed by atoms with Crippen LogP contribution >= 0.6 is 0 Å². The summed E-state index contributed by atoms with van der Waals surface area (Å²) >= 11 is 0. The molecule has 1 aliphatic rings. The molecule has 1 aliphatic heterocycles. The second-order valence-electron chi connectivity index (χ2n) is 6.66. The first kappa shape index (κ1) is 19.9. The molecule has 0 fully saturated rings. The largest absolute Gasteiger partial charge is 0.467 e. The van der Waals surface area contributed by atoms with Gasteiger partial charge in [0.15, 0.2) is 6.61 Å². The molecule has 0 bridgehead atoms. The molecule has 1 N–H and O–H groups in total. The number of rotatable bonds is 6. The Morgan fingerprint density at radius 2 is 2.11 bits per heavy atom. The number of aryl methyl sites for hydroxylation is 1. The minimum absolute atomic E-state index is 0.279. The number of fused-ring (bicyclic) bond motifs is 1. The number of benzene rings is 1. The molecule has 0 aliphatic carbocycles. The number of hydrogen-bond acceptors (Lipinski definition) is 6. The van der Waals surface area contributed by atoms with E-state index in [9.17, 15) is 18.0 Å². The molecule has 150 valence electrons. The molecule has 1 aromatic heterocycles. The second-order valence-corrected chi connectivity index (χ2v) is 8.57. The lowest BCUT2D eigenvalue weighted by Gasteiger charge is -2.29. The van der Waals surface area contributed by atoms with Crippen molar-refractivity contribution in [3.8, 4) is 0 Å². The highest BCUT2D eigenvalue weighted by Crippen LogP contribution is 2.30. The van der Waals surface area contributed by atoms with E-state index in [0.717, 1.165) is 11.8 Å². The molecule has 2 heterocycles. The molecular weight excluding hydrogens is 384 g/mol. The van der Waals surface area contributed by atoms with Gasteiger partial charge in [0.1, 0.15) is 5.76 Å². The van der Waals surface area contributed by atoms with Gasteiger partial charge in [0.25, 0.3) is 5.91 Å². The van der Waals surface area contributed by atoms with E-state index in [0.29, 0.717) is 30.8 Å². The number of esters is 1. The van der Waals surface area contributed by atoms with Gasteiger partial charge in [0.05, 0.1) is 29.8 Å². The van der Waals surface area contributed by atoms with E-state index in [1.54, 1.807) is 31.2 Å². The van der Waals surface area contributed by atoms with Crippen LogP contribution in [0.3, 0.4) is 0 Å². The predicted molar refractivity (Wildman–Crippen MR) is 103 cm³/mol. The van der Waals surface area contributed by atoms with Crippen LogP contribution in [0.1, 0.15) is 41.1 Å². The Hall–Kier alpha value is -2.81. The van der Waals surface area contributed by atoms with Crippen LogP contribution in [-0.2, 0) is 26.0 Å². The van der Waals surface area contributed by atoms with E-state index < -0.39 is 28.5 Å². The van der Waals surface area contributed by atoms with E-state index in [-0.39, 0.29) is 11.6 Å². The number of furan rings is 1. The lowest BCUT2D eigenvalue weighted by molar-refractivity contribution is -0.125. The minimum atomic E-state index is -3.37. The maximum atomic E-state index is 12.3. The highest BCUT2D eigenvalue weighted by Gasteiger charge is 2.25. The van der Waals surface area contributed by atoms with Gasteiger partial charge in [0.2, 0.25) is 10.0 Å². The summed E-state index contributed by atoms with van der Waals surface area (Å²) in [7, 11) is -3.37. The van der Waals surface area contributed by atoms with Crippen molar-refractivity contribution < 1.29 is 27.2 Å². The third-order valence-corrected chi connectivity index (χ3v) is 5.65. The predicted octanol–water partition coefficient (Wildman–Crippen LogP) is 2.03. The average Bonchev–Trinajstić information content (AvgIpc) is 3.19. The van der Waals surface area contributed by atoms with Crippen LogP contribution in [0.15, 0.2) is 41.0 Å². The van der Waals surface area contributed by atoms with Gasteiger partial charge in [-0.3, -0.25) is 9.10 Å². The molecule has 8 nitrogen and oxygen atoms in total. The number of carbonyl (C=O) groups excluding carboxylic acids is 2. The number of ether oxygens (including phenoxy) is 1. The lowest BCUT2D eigenvalue weighted by atomic mass is 10.0. The Balaban J connectivity index is 1.61. The Labute approximate surface area is 163 Å². The summed E-state index contributed by atoms with van der Waals surface area (Å²) in [6, 6.07) is 7.85. The van der Waals surface area contributed by atoms with Crippen molar-refractivity contribution in [2.75, 3.05) is 23.7 Å². The molecule has 1 aromatic carbocycles. The Morgan fingerprint density at radius 3 is 2.79 bits per heavy atom. The molecule has 9 heteroatoms. The van der Waals surface area contributed by atoms with Gasteiger partial charge in [-0.05, 0) is 55.7 Å². The van der Waals surface area contributed by atoms with Gasteiger partial charge in [0, 0.05) is 6.54 Å². The van der Waals surface area contributed by atoms with Gasteiger partial charge >= 0.3 is 5.97 Å². The topological polar surface area (TPSA) is 106 Å². The van der Waals surface area contributed by atoms with Crippen molar-refractivity contribution in [2.45, 2.75) is 25.8 Å². The second kappa shape index (κ2) is 8.05. The molecule has 0 unspecified atom stereocenters. The first-order valence-electron chi connectivity index (χ1n) is 8.86. The molecule has 1 atom stereocenters. The van der Waals surface area contributed by atoms with Crippen LogP contribution < -0.4 is 9.62 Å². The molecule has 28 heavy (non-hydrogen) atoms. The van der Waals surface area contributed by atoms with Crippen LogP contribution in [0.2, 0.25) is 0 Å².